The van der Waals surface area contributed by atoms with Gasteiger partial charge < -0.3 is 9.80 Å². The Hall–Kier alpha value is -1.79. The number of rotatable bonds is 6. The summed E-state index contributed by atoms with van der Waals surface area (Å²) in [5, 5.41) is 0. The highest BCUT2D eigenvalue weighted by atomic mass is 32.1. The quantitative estimate of drug-likeness (QED) is 0.797. The lowest BCUT2D eigenvalue weighted by Gasteiger charge is -2.23. The van der Waals surface area contributed by atoms with E-state index in [0.717, 1.165) is 43.9 Å². The standard InChI is InChI=1S/C19H26N4OS/c1-14(17-5-4-7-20-9-17)19(24)23-8-6-16(11-23)10-22(3)12-18-15(2)21-13-25-18/h4-5,7,9,13-14,16H,6,8,10-12H2,1-3H3/t14-,16-/m1/s1. The van der Waals surface area contributed by atoms with Crippen molar-refractivity contribution >= 4 is 17.2 Å². The van der Waals surface area contributed by atoms with Crippen LogP contribution < -0.4 is 0 Å². The van der Waals surface area contributed by atoms with Crippen molar-refractivity contribution in [3.8, 4) is 0 Å². The topological polar surface area (TPSA) is 49.3 Å². The van der Waals surface area contributed by atoms with Gasteiger partial charge in [0.25, 0.3) is 0 Å². The fourth-order valence-corrected chi connectivity index (χ4v) is 4.32. The summed E-state index contributed by atoms with van der Waals surface area (Å²) in [5.74, 6) is 0.643. The van der Waals surface area contributed by atoms with Crippen molar-refractivity contribution in [3.05, 3.63) is 46.2 Å². The molecule has 0 aliphatic carbocycles. The van der Waals surface area contributed by atoms with E-state index in [-0.39, 0.29) is 11.8 Å². The SMILES string of the molecule is Cc1ncsc1CN(C)C[C@H]1CCN(C(=O)[C@H](C)c2cccnc2)C1. The van der Waals surface area contributed by atoms with Crippen molar-refractivity contribution in [2.75, 3.05) is 26.7 Å². The molecule has 5 nitrogen and oxygen atoms in total. The van der Waals surface area contributed by atoms with Gasteiger partial charge in [0.2, 0.25) is 5.91 Å². The minimum atomic E-state index is -0.120. The van der Waals surface area contributed by atoms with Crippen LogP contribution in [0.3, 0.4) is 0 Å². The highest BCUT2D eigenvalue weighted by Crippen LogP contribution is 2.24. The third-order valence-electron chi connectivity index (χ3n) is 4.98. The lowest BCUT2D eigenvalue weighted by molar-refractivity contribution is -0.131. The Kier molecular flexibility index (Phi) is 5.81. The molecule has 0 spiro atoms. The molecule has 3 heterocycles. The highest BCUT2D eigenvalue weighted by molar-refractivity contribution is 7.09. The maximum absolute atomic E-state index is 12.8. The minimum Gasteiger partial charge on any atom is -0.342 e. The molecule has 0 unspecified atom stereocenters. The minimum absolute atomic E-state index is 0.120. The molecule has 0 aromatic carbocycles. The first-order valence-electron chi connectivity index (χ1n) is 8.80. The summed E-state index contributed by atoms with van der Waals surface area (Å²) < 4.78 is 0. The number of nitrogens with zero attached hydrogens (tertiary/aromatic N) is 4. The first kappa shape index (κ1) is 18.0. The van der Waals surface area contributed by atoms with E-state index in [1.54, 1.807) is 23.7 Å². The lowest BCUT2D eigenvalue weighted by atomic mass is 10.0. The summed E-state index contributed by atoms with van der Waals surface area (Å²) in [6, 6.07) is 3.87. The maximum atomic E-state index is 12.8. The molecule has 25 heavy (non-hydrogen) atoms. The Bertz CT molecular complexity index is 702. The van der Waals surface area contributed by atoms with Crippen molar-refractivity contribution in [2.24, 2.45) is 5.92 Å². The second-order valence-electron chi connectivity index (χ2n) is 7.00. The number of hydrogen-bond donors (Lipinski definition) is 0. The predicted molar refractivity (Wildman–Crippen MR) is 101 cm³/mol. The number of carbonyl (C=O) groups excluding carboxylic acids is 1. The van der Waals surface area contributed by atoms with Gasteiger partial charge in [0.15, 0.2) is 0 Å². The van der Waals surface area contributed by atoms with Crippen molar-refractivity contribution in [1.82, 2.24) is 19.8 Å². The van der Waals surface area contributed by atoms with Crippen LogP contribution in [0, 0.1) is 12.8 Å². The average molecular weight is 359 g/mol. The number of aryl methyl sites for hydroxylation is 1. The first-order valence-corrected chi connectivity index (χ1v) is 9.68. The van der Waals surface area contributed by atoms with Gasteiger partial charge in [0, 0.05) is 43.4 Å². The fourth-order valence-electron chi connectivity index (χ4n) is 3.46. The summed E-state index contributed by atoms with van der Waals surface area (Å²) in [5.41, 5.74) is 4.04. The zero-order valence-corrected chi connectivity index (χ0v) is 16.0. The number of aromatic nitrogens is 2. The average Bonchev–Trinajstić information content (AvgIpc) is 3.24. The third kappa shape index (κ3) is 4.44. The molecule has 0 radical (unpaired) electrons. The molecule has 0 saturated carbocycles. The van der Waals surface area contributed by atoms with E-state index in [2.05, 4.69) is 28.8 Å². The smallest absolute Gasteiger partial charge is 0.229 e. The molecule has 1 saturated heterocycles. The van der Waals surface area contributed by atoms with Crippen molar-refractivity contribution in [3.63, 3.8) is 0 Å². The molecule has 0 N–H and O–H groups in total. The highest BCUT2D eigenvalue weighted by Gasteiger charge is 2.30. The molecule has 3 rings (SSSR count). The molecule has 2 aromatic rings. The molecule has 2 atom stereocenters. The monoisotopic (exact) mass is 358 g/mol. The largest absolute Gasteiger partial charge is 0.342 e. The maximum Gasteiger partial charge on any atom is 0.229 e. The van der Waals surface area contributed by atoms with Crippen LogP contribution >= 0.6 is 11.3 Å². The number of likely N-dealkylation sites (tertiary alicyclic amines) is 1. The van der Waals surface area contributed by atoms with Gasteiger partial charge in [0.05, 0.1) is 17.1 Å². The van der Waals surface area contributed by atoms with Gasteiger partial charge in [-0.15, -0.1) is 11.3 Å². The molecular formula is C19H26N4OS. The van der Waals surface area contributed by atoms with Gasteiger partial charge >= 0.3 is 0 Å². The van der Waals surface area contributed by atoms with Crippen LogP contribution in [0.1, 0.15) is 35.4 Å². The lowest BCUT2D eigenvalue weighted by Crippen LogP contribution is -2.34. The molecule has 2 aromatic heterocycles. The molecule has 1 fully saturated rings. The molecule has 1 aliphatic rings. The van der Waals surface area contributed by atoms with E-state index in [1.165, 1.54) is 4.88 Å². The number of hydrogen-bond acceptors (Lipinski definition) is 5. The second-order valence-corrected chi connectivity index (χ2v) is 7.94. The van der Waals surface area contributed by atoms with E-state index in [1.807, 2.05) is 29.5 Å². The van der Waals surface area contributed by atoms with Gasteiger partial charge in [-0.3, -0.25) is 9.78 Å². The van der Waals surface area contributed by atoms with Crippen LogP contribution in [0.2, 0.25) is 0 Å². The number of carbonyl (C=O) groups is 1. The van der Waals surface area contributed by atoms with Gasteiger partial charge in [-0.2, -0.15) is 0 Å². The van der Waals surface area contributed by atoms with Gasteiger partial charge in [-0.25, -0.2) is 4.98 Å². The van der Waals surface area contributed by atoms with Crippen molar-refractivity contribution in [2.45, 2.75) is 32.7 Å². The summed E-state index contributed by atoms with van der Waals surface area (Å²) in [6.45, 7) is 7.72. The Morgan fingerprint density at radius 2 is 2.36 bits per heavy atom. The van der Waals surface area contributed by atoms with Gasteiger partial charge in [-0.1, -0.05) is 6.07 Å². The zero-order chi connectivity index (χ0) is 17.8. The Morgan fingerprint density at radius 1 is 1.52 bits per heavy atom. The Labute approximate surface area is 153 Å². The molecule has 1 aliphatic heterocycles. The third-order valence-corrected chi connectivity index (χ3v) is 5.90. The van der Waals surface area contributed by atoms with E-state index < -0.39 is 0 Å². The van der Waals surface area contributed by atoms with Gasteiger partial charge in [-0.05, 0) is 44.9 Å². The number of thiazole rings is 1. The van der Waals surface area contributed by atoms with Crippen LogP contribution in [-0.2, 0) is 11.3 Å². The van der Waals surface area contributed by atoms with Crippen LogP contribution in [0.4, 0.5) is 0 Å². The van der Waals surface area contributed by atoms with Gasteiger partial charge in [0.1, 0.15) is 0 Å². The van der Waals surface area contributed by atoms with E-state index in [0.29, 0.717) is 5.92 Å². The summed E-state index contributed by atoms with van der Waals surface area (Å²) in [7, 11) is 2.15. The van der Waals surface area contributed by atoms with Crippen molar-refractivity contribution in [1.29, 1.82) is 0 Å². The van der Waals surface area contributed by atoms with Crippen LogP contribution in [0.15, 0.2) is 30.0 Å². The number of pyridine rings is 1. The normalized spacial score (nSPS) is 18.7. The van der Waals surface area contributed by atoms with Crippen LogP contribution in [0.5, 0.6) is 0 Å². The second kappa shape index (κ2) is 8.06. The molecule has 134 valence electrons. The zero-order valence-electron chi connectivity index (χ0n) is 15.2. The fraction of sp³-hybridized carbons (Fsp3) is 0.526. The molecule has 6 heteroatoms. The van der Waals surface area contributed by atoms with Crippen LogP contribution in [0.25, 0.3) is 0 Å². The van der Waals surface area contributed by atoms with Crippen molar-refractivity contribution < 1.29 is 4.79 Å². The summed E-state index contributed by atoms with van der Waals surface area (Å²) >= 11 is 1.72. The Morgan fingerprint density at radius 3 is 3.04 bits per heavy atom. The molecule has 1 amide bonds. The van der Waals surface area contributed by atoms with E-state index >= 15 is 0 Å². The molecule has 0 bridgehead atoms. The predicted octanol–water partition coefficient (Wildman–Crippen LogP) is 2.93. The van der Waals surface area contributed by atoms with E-state index in [4.69, 9.17) is 0 Å². The number of amides is 1. The van der Waals surface area contributed by atoms with Crippen LogP contribution in [-0.4, -0.2) is 52.4 Å². The molecular weight excluding hydrogens is 332 g/mol. The van der Waals surface area contributed by atoms with E-state index in [9.17, 15) is 4.79 Å². The Balaban J connectivity index is 1.51. The summed E-state index contributed by atoms with van der Waals surface area (Å²) in [4.78, 5) is 26.9. The summed E-state index contributed by atoms with van der Waals surface area (Å²) in [6.07, 6.45) is 4.62. The first-order chi connectivity index (χ1) is 12.0.